The molecular weight excluding hydrogens is 282 g/mol. The molecule has 1 aromatic carbocycles. The summed E-state index contributed by atoms with van der Waals surface area (Å²) in [7, 11) is 0. The first-order valence-corrected chi connectivity index (χ1v) is 6.19. The second-order valence-corrected chi connectivity index (χ2v) is 4.72. The zero-order chi connectivity index (χ0) is 12.8. The molecule has 0 aromatic heterocycles. The molecule has 1 rings (SSSR count). The van der Waals surface area contributed by atoms with Crippen LogP contribution in [0.1, 0.15) is 24.2 Å². The molecule has 0 aliphatic carbocycles. The molecule has 1 amide bonds. The highest BCUT2D eigenvalue weighted by atomic mass is 79.9. The fourth-order valence-corrected chi connectivity index (χ4v) is 1.66. The number of hydrogen-bond acceptors (Lipinski definition) is 2. The average molecular weight is 298 g/mol. The lowest BCUT2D eigenvalue weighted by atomic mass is 10.2. The Morgan fingerprint density at radius 1 is 1.59 bits per heavy atom. The average Bonchev–Trinajstić information content (AvgIpc) is 2.27. The van der Waals surface area contributed by atoms with Gasteiger partial charge in [0, 0.05) is 11.0 Å². The summed E-state index contributed by atoms with van der Waals surface area (Å²) < 4.78 is 6.44. The molecular formula is C13H16BrNO2. The normalized spacial score (nSPS) is 10.1. The number of carbonyl (C=O) groups is 1. The first-order valence-electron chi connectivity index (χ1n) is 5.40. The first-order chi connectivity index (χ1) is 8.04. The maximum absolute atomic E-state index is 11.9. The molecule has 1 aromatic rings. The van der Waals surface area contributed by atoms with E-state index in [0.29, 0.717) is 17.9 Å². The number of ether oxygens (including phenoxy) is 1. The third kappa shape index (κ3) is 4.23. The molecule has 0 saturated heterocycles. The van der Waals surface area contributed by atoms with Crippen LogP contribution in [0.25, 0.3) is 0 Å². The summed E-state index contributed by atoms with van der Waals surface area (Å²) in [5.41, 5.74) is 0.523. The van der Waals surface area contributed by atoms with E-state index in [1.807, 2.05) is 19.9 Å². The van der Waals surface area contributed by atoms with Gasteiger partial charge in [0.25, 0.3) is 5.91 Å². The molecule has 4 heteroatoms. The van der Waals surface area contributed by atoms with Crippen LogP contribution in [0.5, 0.6) is 5.75 Å². The van der Waals surface area contributed by atoms with Crippen LogP contribution in [0.15, 0.2) is 35.3 Å². The lowest BCUT2D eigenvalue weighted by Crippen LogP contribution is -2.24. The third-order valence-electron chi connectivity index (χ3n) is 1.96. The van der Waals surface area contributed by atoms with Crippen LogP contribution in [-0.4, -0.2) is 18.6 Å². The van der Waals surface area contributed by atoms with Gasteiger partial charge in [-0.25, -0.2) is 0 Å². The summed E-state index contributed by atoms with van der Waals surface area (Å²) in [6.07, 6.45) is 1.67. The minimum atomic E-state index is -0.165. The quantitative estimate of drug-likeness (QED) is 0.848. The minimum Gasteiger partial charge on any atom is -0.490 e. The maximum Gasteiger partial charge on any atom is 0.255 e. The molecule has 3 nitrogen and oxygen atoms in total. The molecule has 0 saturated carbocycles. The largest absolute Gasteiger partial charge is 0.490 e. The Morgan fingerprint density at radius 2 is 2.29 bits per heavy atom. The van der Waals surface area contributed by atoms with Gasteiger partial charge >= 0.3 is 0 Å². The molecule has 0 radical (unpaired) electrons. The molecule has 1 N–H and O–H groups in total. The van der Waals surface area contributed by atoms with Crippen molar-refractivity contribution in [3.63, 3.8) is 0 Å². The van der Waals surface area contributed by atoms with Crippen LogP contribution in [0.2, 0.25) is 0 Å². The van der Waals surface area contributed by atoms with Gasteiger partial charge in [-0.3, -0.25) is 4.79 Å². The Hall–Kier alpha value is -1.29. The summed E-state index contributed by atoms with van der Waals surface area (Å²) in [4.78, 5) is 11.9. The van der Waals surface area contributed by atoms with E-state index in [4.69, 9.17) is 4.74 Å². The second-order valence-electron chi connectivity index (χ2n) is 3.81. The molecule has 92 valence electrons. The van der Waals surface area contributed by atoms with Crippen LogP contribution in [0, 0.1) is 0 Å². The van der Waals surface area contributed by atoms with Crippen molar-refractivity contribution in [2.45, 2.75) is 20.0 Å². The summed E-state index contributed by atoms with van der Waals surface area (Å²) in [6, 6.07) is 5.38. The van der Waals surface area contributed by atoms with Gasteiger partial charge < -0.3 is 10.1 Å². The topological polar surface area (TPSA) is 38.3 Å². The fourth-order valence-electron chi connectivity index (χ4n) is 1.30. The molecule has 0 aliphatic rings. The molecule has 17 heavy (non-hydrogen) atoms. The van der Waals surface area contributed by atoms with Crippen molar-refractivity contribution in [2.75, 3.05) is 6.54 Å². The van der Waals surface area contributed by atoms with E-state index in [1.54, 1.807) is 18.2 Å². The monoisotopic (exact) mass is 297 g/mol. The minimum absolute atomic E-state index is 0.0297. The maximum atomic E-state index is 11.9. The summed E-state index contributed by atoms with van der Waals surface area (Å²) in [5.74, 6) is 0.423. The van der Waals surface area contributed by atoms with Gasteiger partial charge in [0.1, 0.15) is 5.75 Å². The number of nitrogens with one attached hydrogen (secondary N) is 1. The highest BCUT2D eigenvalue weighted by Crippen LogP contribution is 2.24. The number of halogens is 1. The van der Waals surface area contributed by atoms with Crippen molar-refractivity contribution < 1.29 is 9.53 Å². The number of benzene rings is 1. The molecule has 0 spiro atoms. The molecule has 0 bridgehead atoms. The number of amides is 1. The number of hydrogen-bond donors (Lipinski definition) is 1. The van der Waals surface area contributed by atoms with Gasteiger partial charge in [0.2, 0.25) is 0 Å². The Balaban J connectivity index is 2.97. The molecule has 0 heterocycles. The zero-order valence-corrected chi connectivity index (χ0v) is 11.6. The SMILES string of the molecule is C=CCNC(=O)c1cc(Br)ccc1OC(C)C. The predicted molar refractivity (Wildman–Crippen MR) is 72.4 cm³/mol. The first kappa shape index (κ1) is 13.8. The predicted octanol–water partition coefficient (Wildman–Crippen LogP) is 3.15. The van der Waals surface area contributed by atoms with E-state index in [2.05, 4.69) is 27.8 Å². The van der Waals surface area contributed by atoms with Gasteiger partial charge in [-0.05, 0) is 32.0 Å². The van der Waals surface area contributed by atoms with Crippen LogP contribution in [0.4, 0.5) is 0 Å². The standard InChI is InChI=1S/C13H16BrNO2/c1-4-7-15-13(16)11-8-10(14)5-6-12(11)17-9(2)3/h4-6,8-9H,1,7H2,2-3H3,(H,15,16). The number of rotatable bonds is 5. The van der Waals surface area contributed by atoms with Crippen LogP contribution in [-0.2, 0) is 0 Å². The Kier molecular flexibility index (Phi) is 5.22. The van der Waals surface area contributed by atoms with E-state index < -0.39 is 0 Å². The lowest BCUT2D eigenvalue weighted by Gasteiger charge is -2.14. The van der Waals surface area contributed by atoms with Crippen molar-refractivity contribution in [1.82, 2.24) is 5.32 Å². The second kappa shape index (κ2) is 6.45. The van der Waals surface area contributed by atoms with E-state index in [-0.39, 0.29) is 12.0 Å². The molecule has 0 atom stereocenters. The van der Waals surface area contributed by atoms with Gasteiger partial charge in [0.15, 0.2) is 0 Å². The Labute approximate surface area is 110 Å². The Bertz CT molecular complexity index is 416. The van der Waals surface area contributed by atoms with Crippen molar-refractivity contribution >= 4 is 21.8 Å². The summed E-state index contributed by atoms with van der Waals surface area (Å²) in [6.45, 7) is 7.84. The number of carbonyl (C=O) groups excluding carboxylic acids is 1. The third-order valence-corrected chi connectivity index (χ3v) is 2.45. The van der Waals surface area contributed by atoms with Gasteiger partial charge in [-0.2, -0.15) is 0 Å². The van der Waals surface area contributed by atoms with Crippen molar-refractivity contribution in [2.24, 2.45) is 0 Å². The van der Waals surface area contributed by atoms with Gasteiger partial charge in [-0.1, -0.05) is 22.0 Å². The lowest BCUT2D eigenvalue weighted by molar-refractivity contribution is 0.0952. The highest BCUT2D eigenvalue weighted by molar-refractivity contribution is 9.10. The molecule has 0 fully saturated rings. The van der Waals surface area contributed by atoms with E-state index >= 15 is 0 Å². The van der Waals surface area contributed by atoms with E-state index in [9.17, 15) is 4.79 Å². The molecule has 0 aliphatic heterocycles. The van der Waals surface area contributed by atoms with E-state index in [0.717, 1.165) is 4.47 Å². The summed E-state index contributed by atoms with van der Waals surface area (Å²) >= 11 is 3.34. The van der Waals surface area contributed by atoms with Crippen LogP contribution < -0.4 is 10.1 Å². The molecule has 0 unspecified atom stereocenters. The zero-order valence-electron chi connectivity index (χ0n) is 10.00. The highest BCUT2D eigenvalue weighted by Gasteiger charge is 2.13. The van der Waals surface area contributed by atoms with Crippen LogP contribution >= 0.6 is 15.9 Å². The van der Waals surface area contributed by atoms with Crippen LogP contribution in [0.3, 0.4) is 0 Å². The fraction of sp³-hybridized carbons (Fsp3) is 0.308. The summed E-state index contributed by atoms with van der Waals surface area (Å²) in [5, 5.41) is 2.73. The van der Waals surface area contributed by atoms with E-state index in [1.165, 1.54) is 0 Å². The van der Waals surface area contributed by atoms with Gasteiger partial charge in [-0.15, -0.1) is 6.58 Å². The van der Waals surface area contributed by atoms with Crippen molar-refractivity contribution in [3.8, 4) is 5.75 Å². The Morgan fingerprint density at radius 3 is 2.88 bits per heavy atom. The van der Waals surface area contributed by atoms with Crippen molar-refractivity contribution in [1.29, 1.82) is 0 Å². The van der Waals surface area contributed by atoms with Gasteiger partial charge in [0.05, 0.1) is 11.7 Å². The van der Waals surface area contributed by atoms with Crippen molar-refractivity contribution in [3.05, 3.63) is 40.9 Å². The smallest absolute Gasteiger partial charge is 0.255 e.